The Balaban J connectivity index is 0.00000112. The lowest BCUT2D eigenvalue weighted by Crippen LogP contribution is -1.75. The molecule has 78 valence electrons. The molecule has 3 heteroatoms. The van der Waals surface area contributed by atoms with E-state index in [0.717, 1.165) is 11.1 Å². The van der Waals surface area contributed by atoms with Gasteiger partial charge in [-0.05, 0) is 35.4 Å². The van der Waals surface area contributed by atoms with Crippen molar-refractivity contribution in [3.05, 3.63) is 48.5 Å². The first-order valence-corrected chi connectivity index (χ1v) is 4.34. The lowest BCUT2D eigenvalue weighted by Gasteiger charge is -2.01. The number of aromatic hydroxyl groups is 2. The maximum Gasteiger partial charge on any atom is 0.115 e. The van der Waals surface area contributed by atoms with Crippen LogP contribution in [0.4, 0.5) is 0 Å². The summed E-state index contributed by atoms with van der Waals surface area (Å²) in [5, 5.41) is 18.2. The second-order valence-electron chi connectivity index (χ2n) is 3.09. The second kappa shape index (κ2) is 4.81. The molecule has 0 aliphatic heterocycles. The Morgan fingerprint density at radius 2 is 0.800 bits per heavy atom. The smallest absolute Gasteiger partial charge is 0.115 e. The van der Waals surface area contributed by atoms with Gasteiger partial charge in [0.25, 0.3) is 0 Å². The van der Waals surface area contributed by atoms with E-state index >= 15 is 0 Å². The van der Waals surface area contributed by atoms with Gasteiger partial charge >= 0.3 is 0 Å². The maximum absolute atomic E-state index is 9.11. The third-order valence-electron chi connectivity index (χ3n) is 2.07. The first-order valence-electron chi connectivity index (χ1n) is 4.34. The standard InChI is InChI=1S/C12H10O2.H3P/c13-11-5-1-9(2-6-11)10-3-7-12(14)8-4-10;/h1-8,13-14H;1H3. The number of benzene rings is 2. The van der Waals surface area contributed by atoms with E-state index in [-0.39, 0.29) is 21.4 Å². The molecule has 0 amide bonds. The highest BCUT2D eigenvalue weighted by Gasteiger charge is 1.96. The van der Waals surface area contributed by atoms with Crippen molar-refractivity contribution in [2.24, 2.45) is 0 Å². The van der Waals surface area contributed by atoms with Crippen LogP contribution in [-0.4, -0.2) is 10.2 Å². The Morgan fingerprint density at radius 1 is 0.533 bits per heavy atom. The van der Waals surface area contributed by atoms with Gasteiger partial charge in [0, 0.05) is 0 Å². The van der Waals surface area contributed by atoms with Crippen LogP contribution in [0.1, 0.15) is 0 Å². The molecular formula is C12H13O2P. The van der Waals surface area contributed by atoms with E-state index in [9.17, 15) is 0 Å². The van der Waals surface area contributed by atoms with Crippen molar-refractivity contribution in [3.8, 4) is 22.6 Å². The summed E-state index contributed by atoms with van der Waals surface area (Å²) in [5.74, 6) is 0.514. The SMILES string of the molecule is Oc1ccc(-c2ccc(O)cc2)cc1.P. The molecule has 2 nitrogen and oxygen atoms in total. The molecule has 1 unspecified atom stereocenters. The molecule has 0 radical (unpaired) electrons. The predicted octanol–water partition coefficient (Wildman–Crippen LogP) is 2.82. The number of rotatable bonds is 1. The predicted molar refractivity (Wildman–Crippen MR) is 66.3 cm³/mol. The fraction of sp³-hybridized carbons (Fsp3) is 0. The molecule has 0 aliphatic carbocycles. The zero-order valence-corrected chi connectivity index (χ0v) is 9.63. The Kier molecular flexibility index (Phi) is 3.70. The highest BCUT2D eigenvalue weighted by Crippen LogP contribution is 2.23. The molecule has 0 saturated heterocycles. The minimum atomic E-state index is 0. The fourth-order valence-corrected chi connectivity index (χ4v) is 1.31. The average Bonchev–Trinajstić information content (AvgIpc) is 2.21. The highest BCUT2D eigenvalue weighted by molar-refractivity contribution is 6.92. The van der Waals surface area contributed by atoms with Gasteiger partial charge in [-0.3, -0.25) is 0 Å². The monoisotopic (exact) mass is 220 g/mol. The fourth-order valence-electron chi connectivity index (χ4n) is 1.31. The molecule has 2 aromatic carbocycles. The molecule has 15 heavy (non-hydrogen) atoms. The van der Waals surface area contributed by atoms with Crippen molar-refractivity contribution in [2.75, 3.05) is 0 Å². The van der Waals surface area contributed by atoms with Crippen LogP contribution in [-0.2, 0) is 0 Å². The first-order chi connectivity index (χ1) is 6.75. The highest BCUT2D eigenvalue weighted by atomic mass is 31.0. The van der Waals surface area contributed by atoms with Crippen LogP contribution in [0.25, 0.3) is 11.1 Å². The lowest BCUT2D eigenvalue weighted by molar-refractivity contribution is 0.474. The zero-order valence-electron chi connectivity index (χ0n) is 8.22. The van der Waals surface area contributed by atoms with E-state index in [1.54, 1.807) is 24.3 Å². The van der Waals surface area contributed by atoms with Crippen LogP contribution in [0, 0.1) is 0 Å². The van der Waals surface area contributed by atoms with Crippen LogP contribution in [0.15, 0.2) is 48.5 Å². The first kappa shape index (κ1) is 11.5. The summed E-state index contributed by atoms with van der Waals surface area (Å²) < 4.78 is 0. The third kappa shape index (κ3) is 2.71. The number of phenols is 2. The molecule has 0 saturated carbocycles. The van der Waals surface area contributed by atoms with Gasteiger partial charge < -0.3 is 10.2 Å². The average molecular weight is 220 g/mol. The molecule has 0 heterocycles. The van der Waals surface area contributed by atoms with Gasteiger partial charge in [0.1, 0.15) is 11.5 Å². The molecule has 0 aromatic heterocycles. The molecule has 0 bridgehead atoms. The van der Waals surface area contributed by atoms with Gasteiger partial charge in [0.05, 0.1) is 0 Å². The van der Waals surface area contributed by atoms with Crippen LogP contribution in [0.5, 0.6) is 11.5 Å². The van der Waals surface area contributed by atoms with Gasteiger partial charge in [-0.1, -0.05) is 24.3 Å². The van der Waals surface area contributed by atoms with Gasteiger partial charge in [-0.25, -0.2) is 0 Å². The largest absolute Gasteiger partial charge is 0.508 e. The minimum absolute atomic E-state index is 0. The van der Waals surface area contributed by atoms with E-state index < -0.39 is 0 Å². The Bertz CT molecular complexity index is 377. The molecule has 0 spiro atoms. The summed E-state index contributed by atoms with van der Waals surface area (Å²) in [6, 6.07) is 13.9. The molecule has 2 aromatic rings. The van der Waals surface area contributed by atoms with Gasteiger partial charge in [-0.2, -0.15) is 9.90 Å². The number of phenolic OH excluding ortho intramolecular Hbond substituents is 2. The van der Waals surface area contributed by atoms with Crippen molar-refractivity contribution >= 4 is 9.90 Å². The van der Waals surface area contributed by atoms with Gasteiger partial charge in [0.2, 0.25) is 0 Å². The number of hydrogen-bond acceptors (Lipinski definition) is 2. The minimum Gasteiger partial charge on any atom is -0.508 e. The van der Waals surface area contributed by atoms with Crippen molar-refractivity contribution in [1.29, 1.82) is 0 Å². The topological polar surface area (TPSA) is 40.5 Å². The summed E-state index contributed by atoms with van der Waals surface area (Å²) in [6.07, 6.45) is 0. The van der Waals surface area contributed by atoms with Crippen LogP contribution < -0.4 is 0 Å². The maximum atomic E-state index is 9.11. The quantitative estimate of drug-likeness (QED) is 0.725. The van der Waals surface area contributed by atoms with Crippen LogP contribution in [0.2, 0.25) is 0 Å². The van der Waals surface area contributed by atoms with Gasteiger partial charge in [0.15, 0.2) is 0 Å². The van der Waals surface area contributed by atoms with Crippen molar-refractivity contribution in [3.63, 3.8) is 0 Å². The van der Waals surface area contributed by atoms with E-state index in [4.69, 9.17) is 10.2 Å². The number of hydrogen-bond donors (Lipinski definition) is 2. The van der Waals surface area contributed by atoms with Crippen molar-refractivity contribution in [2.45, 2.75) is 0 Å². The molecule has 0 fully saturated rings. The lowest BCUT2D eigenvalue weighted by atomic mass is 10.1. The van der Waals surface area contributed by atoms with Gasteiger partial charge in [-0.15, -0.1) is 0 Å². The molecule has 1 atom stereocenters. The van der Waals surface area contributed by atoms with E-state index in [1.165, 1.54) is 0 Å². The Hall–Kier alpha value is -1.53. The Labute approximate surface area is 91.8 Å². The normalized spacial score (nSPS) is 9.33. The van der Waals surface area contributed by atoms with Crippen molar-refractivity contribution in [1.82, 2.24) is 0 Å². The summed E-state index contributed by atoms with van der Waals surface area (Å²) >= 11 is 0. The molecule has 2 rings (SSSR count). The third-order valence-corrected chi connectivity index (χ3v) is 2.07. The summed E-state index contributed by atoms with van der Waals surface area (Å²) in [6.45, 7) is 0. The second-order valence-corrected chi connectivity index (χ2v) is 3.09. The van der Waals surface area contributed by atoms with E-state index in [2.05, 4.69) is 0 Å². The molecular weight excluding hydrogens is 207 g/mol. The molecule has 0 aliphatic rings. The zero-order chi connectivity index (χ0) is 9.97. The van der Waals surface area contributed by atoms with E-state index in [0.29, 0.717) is 0 Å². The van der Waals surface area contributed by atoms with E-state index in [1.807, 2.05) is 24.3 Å². The summed E-state index contributed by atoms with van der Waals surface area (Å²) in [5.41, 5.74) is 2.03. The summed E-state index contributed by atoms with van der Waals surface area (Å²) in [4.78, 5) is 0. The van der Waals surface area contributed by atoms with Crippen molar-refractivity contribution < 1.29 is 10.2 Å². The Morgan fingerprint density at radius 3 is 1.07 bits per heavy atom. The van der Waals surface area contributed by atoms with Crippen LogP contribution in [0.3, 0.4) is 0 Å². The summed E-state index contributed by atoms with van der Waals surface area (Å²) in [7, 11) is 0. The molecule has 2 N–H and O–H groups in total. The van der Waals surface area contributed by atoms with Crippen LogP contribution >= 0.6 is 9.90 Å².